The van der Waals surface area contributed by atoms with E-state index in [1.54, 1.807) is 0 Å². The van der Waals surface area contributed by atoms with Crippen LogP contribution in [-0.2, 0) is 24.3 Å². The van der Waals surface area contributed by atoms with Crippen LogP contribution < -0.4 is 9.62 Å². The largest absolute Gasteiger partial charge is 0.468 e. The fraction of sp³-hybridized carbons (Fsp3) is 0.444. The highest BCUT2D eigenvalue weighted by Gasteiger charge is 2.18. The van der Waals surface area contributed by atoms with Gasteiger partial charge in [0, 0.05) is 13.0 Å². The molecule has 0 aliphatic heterocycles. The number of thioether (sulfide) groups is 1. The van der Waals surface area contributed by atoms with E-state index in [1.165, 1.54) is 23.2 Å². The van der Waals surface area contributed by atoms with Crippen molar-refractivity contribution < 1.29 is 22.7 Å². The Kier molecular flexibility index (Phi) is 8.62. The quantitative estimate of drug-likeness (QED) is 0.318. The minimum Gasteiger partial charge on any atom is -0.468 e. The van der Waals surface area contributed by atoms with Crippen LogP contribution in [0, 0.1) is 13.8 Å². The number of nitrogens with one attached hydrogen (secondary N) is 1. The number of sulfonamides is 1. The van der Waals surface area contributed by atoms with E-state index in [-0.39, 0.29) is 30.6 Å². The zero-order valence-corrected chi connectivity index (χ0v) is 19.6. The van der Waals surface area contributed by atoms with E-state index in [0.29, 0.717) is 21.6 Å². The Morgan fingerprint density at radius 1 is 1.20 bits per heavy atom. The van der Waals surface area contributed by atoms with Crippen LogP contribution in [0.25, 0.3) is 0 Å². The lowest BCUT2D eigenvalue weighted by Gasteiger charge is -2.23. The lowest BCUT2D eigenvalue weighted by atomic mass is 10.1. The Morgan fingerprint density at radius 2 is 1.87 bits per heavy atom. The number of methoxy groups -OCH3 is 1. The van der Waals surface area contributed by atoms with E-state index in [2.05, 4.69) is 20.3 Å². The molecule has 0 aliphatic carbocycles. The smallest absolute Gasteiger partial charge is 0.316 e. The molecule has 0 saturated carbocycles. The van der Waals surface area contributed by atoms with Gasteiger partial charge in [0.1, 0.15) is 0 Å². The Morgan fingerprint density at radius 3 is 2.47 bits per heavy atom. The maximum Gasteiger partial charge on any atom is 0.316 e. The summed E-state index contributed by atoms with van der Waals surface area (Å²) < 4.78 is 30.9. The number of amides is 1. The third-order valence-corrected chi connectivity index (χ3v) is 6.99. The van der Waals surface area contributed by atoms with Gasteiger partial charge in [0.2, 0.25) is 21.1 Å². The first-order chi connectivity index (χ1) is 14.1. The summed E-state index contributed by atoms with van der Waals surface area (Å²) in [6.07, 6.45) is 1.62. The number of esters is 1. The van der Waals surface area contributed by atoms with Crippen LogP contribution in [-0.4, -0.2) is 56.2 Å². The molecule has 12 heteroatoms. The zero-order chi connectivity index (χ0) is 22.3. The van der Waals surface area contributed by atoms with Gasteiger partial charge in [0.05, 0.1) is 24.8 Å². The topological polar surface area (TPSA) is 119 Å². The number of nitrogens with zero attached hydrogens (tertiary/aromatic N) is 3. The SMILES string of the molecule is COC(=O)CSc1nnc(NC(=O)CCCN(c2cc(C)cc(C)c2)S(C)(=O)=O)s1. The van der Waals surface area contributed by atoms with E-state index < -0.39 is 10.0 Å². The van der Waals surface area contributed by atoms with Gasteiger partial charge in [-0.2, -0.15) is 0 Å². The number of aromatic nitrogens is 2. The van der Waals surface area contributed by atoms with Crippen LogP contribution in [0.1, 0.15) is 24.0 Å². The number of benzene rings is 1. The van der Waals surface area contributed by atoms with Crippen LogP contribution in [0.2, 0.25) is 0 Å². The molecule has 2 aromatic rings. The van der Waals surface area contributed by atoms with Gasteiger partial charge in [-0.25, -0.2) is 8.42 Å². The molecule has 0 aliphatic rings. The zero-order valence-electron chi connectivity index (χ0n) is 17.2. The molecule has 0 fully saturated rings. The second-order valence-corrected chi connectivity index (χ2v) is 10.7. The number of carbonyl (C=O) groups is 2. The minimum atomic E-state index is -3.48. The number of anilines is 2. The highest BCUT2D eigenvalue weighted by Crippen LogP contribution is 2.26. The molecule has 30 heavy (non-hydrogen) atoms. The molecule has 0 spiro atoms. The van der Waals surface area contributed by atoms with Gasteiger partial charge in [-0.1, -0.05) is 29.2 Å². The second kappa shape index (κ2) is 10.7. The molecule has 0 saturated heterocycles. The molecule has 0 bridgehead atoms. The predicted molar refractivity (Wildman–Crippen MR) is 119 cm³/mol. The summed E-state index contributed by atoms with van der Waals surface area (Å²) in [6.45, 7) is 4.00. The van der Waals surface area contributed by atoms with Gasteiger partial charge in [0.25, 0.3) is 0 Å². The minimum absolute atomic E-state index is 0.110. The Bertz CT molecular complexity index is 987. The van der Waals surface area contributed by atoms with Crippen molar-refractivity contribution in [3.8, 4) is 0 Å². The van der Waals surface area contributed by atoms with E-state index in [9.17, 15) is 18.0 Å². The summed E-state index contributed by atoms with van der Waals surface area (Å²) in [7, 11) is -2.17. The molecule has 1 amide bonds. The fourth-order valence-electron chi connectivity index (χ4n) is 2.64. The molecular weight excluding hydrogens is 448 g/mol. The molecule has 0 atom stereocenters. The fourth-order valence-corrected chi connectivity index (χ4v) is 5.19. The van der Waals surface area contributed by atoms with Gasteiger partial charge in [-0.05, 0) is 43.5 Å². The molecule has 0 unspecified atom stereocenters. The second-order valence-electron chi connectivity index (χ2n) is 6.57. The molecular formula is C18H24N4O5S3. The number of aryl methyl sites for hydroxylation is 2. The van der Waals surface area contributed by atoms with Crippen LogP contribution in [0.3, 0.4) is 0 Å². The maximum atomic E-state index is 12.2. The van der Waals surface area contributed by atoms with Crippen molar-refractivity contribution in [3.05, 3.63) is 29.3 Å². The summed E-state index contributed by atoms with van der Waals surface area (Å²) in [4.78, 5) is 23.3. The summed E-state index contributed by atoms with van der Waals surface area (Å²) in [5.74, 6) is -0.552. The number of rotatable bonds is 10. The lowest BCUT2D eigenvalue weighted by Crippen LogP contribution is -2.31. The lowest BCUT2D eigenvalue weighted by molar-refractivity contribution is -0.137. The van der Waals surface area contributed by atoms with Crippen molar-refractivity contribution in [1.29, 1.82) is 0 Å². The average molecular weight is 473 g/mol. The molecule has 1 N–H and O–H groups in total. The van der Waals surface area contributed by atoms with Crippen molar-refractivity contribution >= 4 is 55.8 Å². The summed E-state index contributed by atoms with van der Waals surface area (Å²) >= 11 is 2.32. The van der Waals surface area contributed by atoms with Crippen LogP contribution >= 0.6 is 23.1 Å². The Hall–Kier alpha value is -2.18. The molecule has 2 rings (SSSR count). The van der Waals surface area contributed by atoms with E-state index in [1.807, 2.05) is 32.0 Å². The summed E-state index contributed by atoms with van der Waals surface area (Å²) in [5.41, 5.74) is 2.52. The molecule has 9 nitrogen and oxygen atoms in total. The average Bonchev–Trinajstić information content (AvgIpc) is 3.08. The van der Waals surface area contributed by atoms with E-state index in [4.69, 9.17) is 0 Å². The normalized spacial score (nSPS) is 11.2. The van der Waals surface area contributed by atoms with E-state index >= 15 is 0 Å². The van der Waals surface area contributed by atoms with Crippen LogP contribution in [0.15, 0.2) is 22.5 Å². The Labute approximate surface area is 184 Å². The first-order valence-electron chi connectivity index (χ1n) is 8.97. The van der Waals surface area contributed by atoms with Gasteiger partial charge in [-0.15, -0.1) is 10.2 Å². The van der Waals surface area contributed by atoms with Gasteiger partial charge in [0.15, 0.2) is 4.34 Å². The molecule has 164 valence electrons. The van der Waals surface area contributed by atoms with Gasteiger partial charge in [-0.3, -0.25) is 13.9 Å². The summed E-state index contributed by atoms with van der Waals surface area (Å²) in [5, 5.41) is 10.7. The highest BCUT2D eigenvalue weighted by molar-refractivity contribution is 8.01. The third kappa shape index (κ3) is 7.58. The number of ether oxygens (including phenoxy) is 1. The van der Waals surface area contributed by atoms with Crippen molar-refractivity contribution in [1.82, 2.24) is 10.2 Å². The van der Waals surface area contributed by atoms with Crippen molar-refractivity contribution in [3.63, 3.8) is 0 Å². The Balaban J connectivity index is 1.90. The monoisotopic (exact) mass is 472 g/mol. The molecule has 1 aromatic heterocycles. The molecule has 0 radical (unpaired) electrons. The van der Waals surface area contributed by atoms with Crippen LogP contribution in [0.5, 0.6) is 0 Å². The van der Waals surface area contributed by atoms with Crippen LogP contribution in [0.4, 0.5) is 10.8 Å². The highest BCUT2D eigenvalue weighted by atomic mass is 32.2. The number of hydrogen-bond acceptors (Lipinski definition) is 9. The predicted octanol–water partition coefficient (Wildman–Crippen LogP) is 2.60. The number of carbonyl (C=O) groups excluding carboxylic acids is 2. The third-order valence-electron chi connectivity index (χ3n) is 3.85. The van der Waals surface area contributed by atoms with Gasteiger partial charge < -0.3 is 10.1 Å². The van der Waals surface area contributed by atoms with E-state index in [0.717, 1.165) is 28.7 Å². The van der Waals surface area contributed by atoms with Gasteiger partial charge >= 0.3 is 5.97 Å². The maximum absolute atomic E-state index is 12.2. The molecule has 1 aromatic carbocycles. The number of hydrogen-bond donors (Lipinski definition) is 1. The van der Waals surface area contributed by atoms with Crippen molar-refractivity contribution in [2.75, 3.05) is 35.3 Å². The summed E-state index contributed by atoms with van der Waals surface area (Å²) in [6, 6.07) is 5.59. The van der Waals surface area contributed by atoms with Crippen molar-refractivity contribution in [2.45, 2.75) is 31.0 Å². The standard InChI is InChI=1S/C18H24N4O5S3/c1-12-8-13(2)10-14(9-12)22(30(4,25)26)7-5-6-15(23)19-17-20-21-18(29-17)28-11-16(24)27-3/h8-10H,5-7,11H2,1-4H3,(H,19,20,23). The molecule has 1 heterocycles. The first kappa shape index (κ1) is 24.1. The first-order valence-corrected chi connectivity index (χ1v) is 12.6. The van der Waals surface area contributed by atoms with Crippen molar-refractivity contribution in [2.24, 2.45) is 0 Å².